The topological polar surface area (TPSA) is 55.1 Å². The summed E-state index contributed by atoms with van der Waals surface area (Å²) in [6.07, 6.45) is 1.68. The van der Waals surface area contributed by atoms with Crippen LogP contribution in [0.3, 0.4) is 0 Å². The molecule has 0 saturated heterocycles. The summed E-state index contributed by atoms with van der Waals surface area (Å²) in [6.45, 7) is -0.133. The number of halogens is 1. The van der Waals surface area contributed by atoms with Crippen LogP contribution in [0.5, 0.6) is 0 Å². The number of carboxylic acid groups (broad SMARTS) is 1. The number of carbonyl (C=O) groups is 1. The highest BCUT2D eigenvalue weighted by atomic mass is 35.5. The number of hydrogen-bond donors (Lipinski definition) is 1. The first-order valence-corrected chi connectivity index (χ1v) is 4.37. The lowest BCUT2D eigenvalue weighted by atomic mass is 10.3. The van der Waals surface area contributed by atoms with Gasteiger partial charge in [0.2, 0.25) is 0 Å². The fraction of sp³-hybridized carbons (Fsp3) is 0.111. The predicted octanol–water partition coefficient (Wildman–Crippen LogP) is 1.77. The van der Waals surface area contributed by atoms with Crippen LogP contribution in [0.25, 0.3) is 10.9 Å². The summed E-state index contributed by atoms with van der Waals surface area (Å²) in [5.41, 5.74) is 0.707. The van der Waals surface area contributed by atoms with Gasteiger partial charge in [0, 0.05) is 16.6 Å². The number of hydrogen-bond acceptors (Lipinski definition) is 2. The second-order valence-electron chi connectivity index (χ2n) is 2.92. The summed E-state index contributed by atoms with van der Waals surface area (Å²) in [4.78, 5) is 10.4. The van der Waals surface area contributed by atoms with E-state index in [9.17, 15) is 4.79 Å². The molecule has 0 unspecified atom stereocenters. The van der Waals surface area contributed by atoms with Crippen LogP contribution >= 0.6 is 11.6 Å². The molecule has 1 aromatic heterocycles. The van der Waals surface area contributed by atoms with Crippen LogP contribution in [0.1, 0.15) is 0 Å². The minimum Gasteiger partial charge on any atom is -0.480 e. The second kappa shape index (κ2) is 3.31. The number of aromatic nitrogens is 2. The standard InChI is InChI=1S/C9H7ClN2O2/c10-7-2-1-6-4-12(5-9(13)14)11-8(6)3-7/h1-4H,5H2,(H,13,14). The zero-order valence-electron chi connectivity index (χ0n) is 7.14. The Balaban J connectivity index is 2.46. The first-order valence-electron chi connectivity index (χ1n) is 4.00. The minimum atomic E-state index is -0.913. The zero-order chi connectivity index (χ0) is 10.1. The van der Waals surface area contributed by atoms with Gasteiger partial charge in [0.15, 0.2) is 0 Å². The molecule has 4 nitrogen and oxygen atoms in total. The van der Waals surface area contributed by atoms with Crippen molar-refractivity contribution in [3.63, 3.8) is 0 Å². The van der Waals surface area contributed by atoms with Crippen molar-refractivity contribution in [2.45, 2.75) is 6.54 Å². The van der Waals surface area contributed by atoms with Gasteiger partial charge in [-0.25, -0.2) is 0 Å². The number of fused-ring (bicyclic) bond motifs is 1. The summed E-state index contributed by atoms with van der Waals surface area (Å²) >= 11 is 5.77. The molecule has 0 aliphatic carbocycles. The maximum atomic E-state index is 10.4. The fourth-order valence-electron chi connectivity index (χ4n) is 1.26. The number of carboxylic acids is 1. The largest absolute Gasteiger partial charge is 0.480 e. The molecule has 72 valence electrons. The molecular weight excluding hydrogens is 204 g/mol. The highest BCUT2D eigenvalue weighted by molar-refractivity contribution is 6.31. The molecule has 2 rings (SSSR count). The van der Waals surface area contributed by atoms with Crippen LogP contribution in [-0.2, 0) is 11.3 Å². The van der Waals surface area contributed by atoms with E-state index in [-0.39, 0.29) is 6.54 Å². The van der Waals surface area contributed by atoms with E-state index in [1.54, 1.807) is 18.3 Å². The average Bonchev–Trinajstić information content (AvgIpc) is 2.44. The maximum absolute atomic E-state index is 10.4. The van der Waals surface area contributed by atoms with E-state index >= 15 is 0 Å². The second-order valence-corrected chi connectivity index (χ2v) is 3.36. The van der Waals surface area contributed by atoms with Crippen LogP contribution in [0.4, 0.5) is 0 Å². The highest BCUT2D eigenvalue weighted by Gasteiger charge is 2.03. The SMILES string of the molecule is O=C(O)Cn1cc2ccc(Cl)cc2n1. The number of aliphatic carboxylic acids is 1. The Morgan fingerprint density at radius 3 is 3.07 bits per heavy atom. The van der Waals surface area contributed by atoms with E-state index in [0.29, 0.717) is 10.5 Å². The van der Waals surface area contributed by atoms with Crippen molar-refractivity contribution in [2.75, 3.05) is 0 Å². The molecule has 0 amide bonds. The molecule has 14 heavy (non-hydrogen) atoms. The zero-order valence-corrected chi connectivity index (χ0v) is 7.90. The van der Waals surface area contributed by atoms with E-state index in [1.165, 1.54) is 4.68 Å². The third-order valence-electron chi connectivity index (χ3n) is 1.81. The first kappa shape index (κ1) is 9.02. The van der Waals surface area contributed by atoms with Gasteiger partial charge in [-0.3, -0.25) is 9.48 Å². The summed E-state index contributed by atoms with van der Waals surface area (Å²) in [6, 6.07) is 5.26. The number of nitrogens with zero attached hydrogens (tertiary/aromatic N) is 2. The fourth-order valence-corrected chi connectivity index (χ4v) is 1.43. The molecule has 0 spiro atoms. The molecule has 1 N–H and O–H groups in total. The molecule has 0 saturated carbocycles. The lowest BCUT2D eigenvalue weighted by Crippen LogP contribution is -2.08. The van der Waals surface area contributed by atoms with Gasteiger partial charge in [0.25, 0.3) is 0 Å². The van der Waals surface area contributed by atoms with Crippen LogP contribution in [0.15, 0.2) is 24.4 Å². The van der Waals surface area contributed by atoms with Gasteiger partial charge >= 0.3 is 5.97 Å². The van der Waals surface area contributed by atoms with E-state index in [2.05, 4.69) is 5.10 Å². The maximum Gasteiger partial charge on any atom is 0.325 e. The summed E-state index contributed by atoms with van der Waals surface area (Å²) in [7, 11) is 0. The number of rotatable bonds is 2. The predicted molar refractivity (Wildman–Crippen MR) is 52.4 cm³/mol. The molecule has 5 heteroatoms. The van der Waals surface area contributed by atoms with Crippen molar-refractivity contribution in [1.82, 2.24) is 9.78 Å². The Morgan fingerprint density at radius 1 is 1.57 bits per heavy atom. The summed E-state index contributed by atoms with van der Waals surface area (Å²) in [5.74, 6) is -0.913. The van der Waals surface area contributed by atoms with Crippen LogP contribution in [0.2, 0.25) is 5.02 Å². The Kier molecular flexibility index (Phi) is 2.13. The Morgan fingerprint density at radius 2 is 2.36 bits per heavy atom. The summed E-state index contributed by atoms with van der Waals surface area (Å²) < 4.78 is 1.38. The van der Waals surface area contributed by atoms with Crippen molar-refractivity contribution in [1.29, 1.82) is 0 Å². The lowest BCUT2D eigenvalue weighted by Gasteiger charge is -1.92. The van der Waals surface area contributed by atoms with Crippen LogP contribution in [0, 0.1) is 0 Å². The van der Waals surface area contributed by atoms with E-state index in [4.69, 9.17) is 16.7 Å². The molecule has 0 aliphatic heterocycles. The molecule has 2 aromatic rings. The van der Waals surface area contributed by atoms with Crippen LogP contribution in [-0.4, -0.2) is 20.9 Å². The van der Waals surface area contributed by atoms with Gasteiger partial charge in [0.1, 0.15) is 6.54 Å². The Bertz CT molecular complexity index is 493. The van der Waals surface area contributed by atoms with Crippen LogP contribution < -0.4 is 0 Å². The van der Waals surface area contributed by atoms with Crippen molar-refractivity contribution in [2.24, 2.45) is 0 Å². The van der Waals surface area contributed by atoms with Crippen molar-refractivity contribution in [3.05, 3.63) is 29.4 Å². The van der Waals surface area contributed by atoms with Crippen molar-refractivity contribution >= 4 is 28.5 Å². The molecule has 1 aromatic carbocycles. The Labute approximate surface area is 84.7 Å². The minimum absolute atomic E-state index is 0.133. The third kappa shape index (κ3) is 1.70. The van der Waals surface area contributed by atoms with Gasteiger partial charge < -0.3 is 5.11 Å². The third-order valence-corrected chi connectivity index (χ3v) is 2.05. The van der Waals surface area contributed by atoms with Crippen molar-refractivity contribution in [3.8, 4) is 0 Å². The molecule has 1 heterocycles. The van der Waals surface area contributed by atoms with E-state index in [1.807, 2.05) is 6.07 Å². The number of benzene rings is 1. The van der Waals surface area contributed by atoms with Crippen molar-refractivity contribution < 1.29 is 9.90 Å². The van der Waals surface area contributed by atoms with E-state index < -0.39 is 5.97 Å². The Hall–Kier alpha value is -1.55. The molecule has 0 fully saturated rings. The quantitative estimate of drug-likeness (QED) is 0.822. The molecule has 0 bridgehead atoms. The first-order chi connectivity index (χ1) is 6.65. The summed E-state index contributed by atoms with van der Waals surface area (Å²) in [5, 5.41) is 14.1. The molecule has 0 radical (unpaired) electrons. The highest BCUT2D eigenvalue weighted by Crippen LogP contribution is 2.17. The van der Waals surface area contributed by atoms with Gasteiger partial charge in [-0.15, -0.1) is 0 Å². The lowest BCUT2D eigenvalue weighted by molar-refractivity contribution is -0.137. The molecular formula is C9H7ClN2O2. The van der Waals surface area contributed by atoms with Gasteiger partial charge in [-0.1, -0.05) is 11.6 Å². The monoisotopic (exact) mass is 210 g/mol. The smallest absolute Gasteiger partial charge is 0.325 e. The van der Waals surface area contributed by atoms with Gasteiger partial charge in [-0.05, 0) is 18.2 Å². The van der Waals surface area contributed by atoms with Gasteiger partial charge in [0.05, 0.1) is 5.52 Å². The van der Waals surface area contributed by atoms with Gasteiger partial charge in [-0.2, -0.15) is 5.10 Å². The molecule has 0 aliphatic rings. The van der Waals surface area contributed by atoms with E-state index in [0.717, 1.165) is 5.39 Å². The average molecular weight is 211 g/mol. The molecule has 0 atom stereocenters. The normalized spacial score (nSPS) is 10.6.